The molecule has 1 aliphatic rings. The van der Waals surface area contributed by atoms with Crippen molar-refractivity contribution in [2.75, 3.05) is 20.1 Å². The summed E-state index contributed by atoms with van der Waals surface area (Å²) in [6, 6.07) is 7.21. The van der Waals surface area contributed by atoms with Gasteiger partial charge >= 0.3 is 6.03 Å². The molecule has 1 saturated heterocycles. The first-order valence-electron chi connectivity index (χ1n) is 18.1. The first-order chi connectivity index (χ1) is 24.6. The fraction of sp³-hybridized carbons (Fsp3) is 0.605. The zero-order chi connectivity index (χ0) is 38.0. The third-order valence-electron chi connectivity index (χ3n) is 8.96. The highest BCUT2D eigenvalue weighted by Gasteiger charge is 2.38. The normalized spacial score (nSPS) is 18.5. The summed E-state index contributed by atoms with van der Waals surface area (Å²) in [4.78, 5) is 54.3. The molecule has 1 aromatic carbocycles. The molecule has 12 nitrogen and oxygen atoms in total. The smallest absolute Gasteiger partial charge is 0.318 e. The first kappa shape index (κ1) is 41.3. The molecule has 3 heterocycles. The summed E-state index contributed by atoms with van der Waals surface area (Å²) < 4.78 is 6.21. The number of amides is 4. The van der Waals surface area contributed by atoms with Crippen LogP contribution in [0.3, 0.4) is 0 Å². The van der Waals surface area contributed by atoms with Crippen molar-refractivity contribution in [1.82, 2.24) is 35.7 Å². The van der Waals surface area contributed by atoms with Gasteiger partial charge in [-0.05, 0) is 51.5 Å². The van der Waals surface area contributed by atoms with E-state index in [0.29, 0.717) is 44.9 Å². The molecule has 4 amide bonds. The standard InChI is InChI=1S/C38H57N7O5S2/c1-24(2)33(42-37(49)44(8)19-27-22-51-36(40-27)25(3)4)35(48)41-30(16-26-12-10-9-11-13-26)32(46)20-45-15-14-28(50-21-29-18-39-23-52-29)17-31(45)34(47)43-38(5,6)7/h9-13,18,22-25,28,30-33,46H,14-17,19-21H2,1-8H3,(H,41,48)(H,42,49)(H,43,47)/t28-,30+,31+,32-,33+/m1/s1. The number of aromatic nitrogens is 2. The Labute approximate surface area is 316 Å². The maximum absolute atomic E-state index is 14.0. The van der Waals surface area contributed by atoms with E-state index in [0.717, 1.165) is 21.1 Å². The molecule has 0 spiro atoms. The fourth-order valence-electron chi connectivity index (χ4n) is 6.14. The van der Waals surface area contributed by atoms with Crippen LogP contribution in [0.2, 0.25) is 0 Å². The van der Waals surface area contributed by atoms with Crippen molar-refractivity contribution in [3.8, 4) is 0 Å². The van der Waals surface area contributed by atoms with Gasteiger partial charge < -0.3 is 30.7 Å². The van der Waals surface area contributed by atoms with Gasteiger partial charge in [0.15, 0.2) is 0 Å². The highest BCUT2D eigenvalue weighted by molar-refractivity contribution is 7.09. The van der Waals surface area contributed by atoms with Crippen LogP contribution in [0.5, 0.6) is 0 Å². The fourth-order valence-corrected chi connectivity index (χ4v) is 7.48. The highest BCUT2D eigenvalue weighted by atomic mass is 32.1. The number of rotatable bonds is 16. The third kappa shape index (κ3) is 12.6. The molecule has 4 N–H and O–H groups in total. The number of hydrogen-bond donors (Lipinski definition) is 4. The first-order valence-corrected chi connectivity index (χ1v) is 19.9. The molecule has 0 radical (unpaired) electrons. The van der Waals surface area contributed by atoms with Crippen LogP contribution in [0, 0.1) is 5.92 Å². The number of hydrogen-bond acceptors (Lipinski definition) is 10. The average molecular weight is 756 g/mol. The molecular formula is C38H57N7O5S2. The molecule has 3 aromatic rings. The Morgan fingerprint density at radius 3 is 2.44 bits per heavy atom. The van der Waals surface area contributed by atoms with E-state index in [4.69, 9.17) is 4.74 Å². The highest BCUT2D eigenvalue weighted by Crippen LogP contribution is 2.24. The number of aliphatic hydroxyl groups is 1. The van der Waals surface area contributed by atoms with Crippen LogP contribution in [0.15, 0.2) is 47.4 Å². The zero-order valence-corrected chi connectivity index (χ0v) is 33.4. The Morgan fingerprint density at radius 2 is 1.83 bits per heavy atom. The van der Waals surface area contributed by atoms with Crippen molar-refractivity contribution < 1.29 is 24.2 Å². The Morgan fingerprint density at radius 1 is 1.10 bits per heavy atom. The average Bonchev–Trinajstić information content (AvgIpc) is 3.78. The number of carbonyl (C=O) groups is 3. The number of thiazole rings is 2. The number of urea groups is 1. The lowest BCUT2D eigenvalue weighted by Gasteiger charge is -2.41. The predicted molar refractivity (Wildman–Crippen MR) is 206 cm³/mol. The summed E-state index contributed by atoms with van der Waals surface area (Å²) in [5, 5.41) is 23.9. The van der Waals surface area contributed by atoms with Crippen LogP contribution in [0.25, 0.3) is 0 Å². The van der Waals surface area contributed by atoms with Crippen molar-refractivity contribution in [1.29, 1.82) is 0 Å². The molecule has 0 saturated carbocycles. The van der Waals surface area contributed by atoms with E-state index < -0.39 is 29.8 Å². The van der Waals surface area contributed by atoms with Gasteiger partial charge in [-0.1, -0.05) is 58.0 Å². The van der Waals surface area contributed by atoms with Gasteiger partial charge in [0.25, 0.3) is 0 Å². The van der Waals surface area contributed by atoms with Crippen LogP contribution < -0.4 is 16.0 Å². The molecule has 286 valence electrons. The molecule has 0 aliphatic carbocycles. The lowest BCUT2D eigenvalue weighted by molar-refractivity contribution is -0.134. The van der Waals surface area contributed by atoms with Crippen molar-refractivity contribution >= 4 is 40.5 Å². The van der Waals surface area contributed by atoms with E-state index in [9.17, 15) is 19.5 Å². The van der Waals surface area contributed by atoms with Crippen LogP contribution in [-0.2, 0) is 33.9 Å². The van der Waals surface area contributed by atoms with Crippen LogP contribution >= 0.6 is 22.7 Å². The molecule has 5 atom stereocenters. The topological polar surface area (TPSA) is 149 Å². The number of carbonyl (C=O) groups excluding carboxylic acids is 3. The SMILES string of the molecule is CC(C)c1nc(CN(C)C(=O)N[C@H](C(=O)N[C@@H](Cc2ccccc2)[C@H](O)CN2CC[C@@H](OCc3cncs3)C[C@H]2C(=O)NC(C)(C)C)C(C)C)cs1. The van der Waals surface area contributed by atoms with Gasteiger partial charge in [-0.3, -0.25) is 19.5 Å². The molecule has 0 bridgehead atoms. The second-order valence-corrected chi connectivity index (χ2v) is 17.3. The molecule has 52 heavy (non-hydrogen) atoms. The predicted octanol–water partition coefficient (Wildman–Crippen LogP) is 4.94. The number of benzene rings is 1. The largest absolute Gasteiger partial charge is 0.390 e. The number of nitrogens with zero attached hydrogens (tertiary/aromatic N) is 4. The van der Waals surface area contributed by atoms with Crippen molar-refractivity contribution in [3.63, 3.8) is 0 Å². The second kappa shape index (κ2) is 19.1. The van der Waals surface area contributed by atoms with Gasteiger partial charge in [0.2, 0.25) is 11.8 Å². The summed E-state index contributed by atoms with van der Waals surface area (Å²) in [6.45, 7) is 15.2. The van der Waals surface area contributed by atoms with Crippen LogP contribution in [0.4, 0.5) is 4.79 Å². The molecule has 14 heteroatoms. The van der Waals surface area contributed by atoms with Crippen LogP contribution in [-0.4, -0.2) is 98.7 Å². The third-order valence-corrected chi connectivity index (χ3v) is 10.9. The summed E-state index contributed by atoms with van der Waals surface area (Å²) in [5.41, 5.74) is 3.07. The Kier molecular flexibility index (Phi) is 15.1. The summed E-state index contributed by atoms with van der Waals surface area (Å²) in [7, 11) is 1.68. The number of ether oxygens (including phenoxy) is 1. The molecule has 4 rings (SSSR count). The quantitative estimate of drug-likeness (QED) is 0.161. The monoisotopic (exact) mass is 755 g/mol. The Balaban J connectivity index is 1.47. The summed E-state index contributed by atoms with van der Waals surface area (Å²) in [5.74, 6) is -0.435. The minimum absolute atomic E-state index is 0.126. The Bertz CT molecular complexity index is 1560. The van der Waals surface area contributed by atoms with Crippen molar-refractivity contribution in [2.45, 2.75) is 123 Å². The number of likely N-dealkylation sites (tertiary alicyclic amines) is 1. The Hall–Kier alpha value is -3.43. The summed E-state index contributed by atoms with van der Waals surface area (Å²) >= 11 is 3.10. The van der Waals surface area contributed by atoms with Gasteiger partial charge in [0, 0.05) is 43.2 Å². The van der Waals surface area contributed by atoms with E-state index >= 15 is 0 Å². The maximum atomic E-state index is 14.0. The van der Waals surface area contributed by atoms with Gasteiger partial charge in [-0.15, -0.1) is 22.7 Å². The van der Waals surface area contributed by atoms with Gasteiger partial charge in [-0.2, -0.15) is 0 Å². The zero-order valence-electron chi connectivity index (χ0n) is 31.8. The second-order valence-electron chi connectivity index (χ2n) is 15.4. The van der Waals surface area contributed by atoms with E-state index in [2.05, 4.69) is 39.8 Å². The van der Waals surface area contributed by atoms with E-state index in [-0.39, 0.29) is 36.4 Å². The molecular weight excluding hydrogens is 699 g/mol. The minimum Gasteiger partial charge on any atom is -0.390 e. The number of nitrogens with one attached hydrogen (secondary N) is 3. The molecule has 2 aromatic heterocycles. The van der Waals surface area contributed by atoms with Gasteiger partial charge in [0.05, 0.1) is 58.5 Å². The summed E-state index contributed by atoms with van der Waals surface area (Å²) in [6.07, 6.45) is 2.16. The lowest BCUT2D eigenvalue weighted by Crippen LogP contribution is -2.60. The van der Waals surface area contributed by atoms with E-state index in [1.54, 1.807) is 30.1 Å². The molecule has 0 unspecified atom stereocenters. The number of β-amino-alcohol motifs (C(OH)–C–C–N with tert-alkyl or cyclic N) is 1. The van der Waals surface area contributed by atoms with E-state index in [1.807, 2.05) is 75.2 Å². The maximum Gasteiger partial charge on any atom is 0.318 e. The van der Waals surface area contributed by atoms with Crippen molar-refractivity contribution in [2.24, 2.45) is 5.92 Å². The number of aliphatic hydroxyl groups excluding tert-OH is 1. The van der Waals surface area contributed by atoms with Crippen LogP contribution in [0.1, 0.15) is 88.4 Å². The number of piperidine rings is 1. The van der Waals surface area contributed by atoms with Crippen molar-refractivity contribution in [3.05, 3.63) is 68.6 Å². The van der Waals surface area contributed by atoms with E-state index in [1.165, 1.54) is 16.2 Å². The van der Waals surface area contributed by atoms with Gasteiger partial charge in [-0.25, -0.2) is 9.78 Å². The lowest BCUT2D eigenvalue weighted by atomic mass is 9.94. The minimum atomic E-state index is -1.02. The molecule has 1 fully saturated rings. The van der Waals surface area contributed by atoms with Gasteiger partial charge in [0.1, 0.15) is 6.04 Å². The molecule has 1 aliphatic heterocycles.